The maximum absolute atomic E-state index is 13.3. The maximum atomic E-state index is 13.3. The van der Waals surface area contributed by atoms with Crippen LogP contribution in [0.3, 0.4) is 0 Å². The van der Waals surface area contributed by atoms with Gasteiger partial charge in [-0.25, -0.2) is 14.2 Å². The molecular formula is C24H26FN5O2. The first-order valence-corrected chi connectivity index (χ1v) is 10.6. The van der Waals surface area contributed by atoms with Gasteiger partial charge in [-0.2, -0.15) is 4.98 Å². The van der Waals surface area contributed by atoms with E-state index in [1.165, 1.54) is 12.1 Å². The third-order valence-corrected chi connectivity index (χ3v) is 5.26. The molecule has 32 heavy (non-hydrogen) atoms. The van der Waals surface area contributed by atoms with Crippen molar-refractivity contribution in [2.24, 2.45) is 0 Å². The van der Waals surface area contributed by atoms with Crippen LogP contribution >= 0.6 is 0 Å². The van der Waals surface area contributed by atoms with Gasteiger partial charge < -0.3 is 19.9 Å². The zero-order valence-corrected chi connectivity index (χ0v) is 18.2. The molecule has 0 spiro atoms. The molecular weight excluding hydrogens is 409 g/mol. The molecule has 1 aliphatic rings. The lowest BCUT2D eigenvalue weighted by Crippen LogP contribution is -2.43. The molecule has 2 heterocycles. The lowest BCUT2D eigenvalue weighted by Gasteiger charge is -2.30. The zero-order valence-electron chi connectivity index (χ0n) is 18.2. The highest BCUT2D eigenvalue weighted by molar-refractivity contribution is 5.74. The minimum absolute atomic E-state index is 0.129. The summed E-state index contributed by atoms with van der Waals surface area (Å²) in [4.78, 5) is 25.5. The number of hydrogen-bond acceptors (Lipinski definition) is 5. The summed E-state index contributed by atoms with van der Waals surface area (Å²) in [6.07, 6.45) is 0.598. The summed E-state index contributed by atoms with van der Waals surface area (Å²) in [5.41, 5.74) is 2.76. The van der Waals surface area contributed by atoms with Crippen LogP contribution in [0, 0.1) is 5.82 Å². The molecule has 1 N–H and O–H groups in total. The molecule has 3 aromatic rings. The molecule has 4 rings (SSSR count). The van der Waals surface area contributed by atoms with Gasteiger partial charge in [-0.05, 0) is 36.8 Å². The molecule has 1 aromatic heterocycles. The van der Waals surface area contributed by atoms with Gasteiger partial charge in [-0.3, -0.25) is 0 Å². The number of rotatable bonds is 6. The molecule has 1 aliphatic heterocycles. The minimum Gasteiger partial charge on any atom is -0.438 e. The van der Waals surface area contributed by atoms with Crippen molar-refractivity contribution in [2.45, 2.75) is 26.4 Å². The summed E-state index contributed by atoms with van der Waals surface area (Å²) >= 11 is 0. The summed E-state index contributed by atoms with van der Waals surface area (Å²) in [6, 6.07) is 15.7. The molecule has 2 amide bonds. The second-order valence-electron chi connectivity index (χ2n) is 7.66. The topological polar surface area (TPSA) is 70.6 Å². The second-order valence-corrected chi connectivity index (χ2v) is 7.66. The summed E-state index contributed by atoms with van der Waals surface area (Å²) < 4.78 is 19.4. The lowest BCUT2D eigenvalue weighted by molar-refractivity contribution is 0.191. The first kappa shape index (κ1) is 21.5. The highest BCUT2D eigenvalue weighted by Crippen LogP contribution is 2.31. The van der Waals surface area contributed by atoms with Gasteiger partial charge in [0.05, 0.1) is 17.8 Å². The van der Waals surface area contributed by atoms with Crippen molar-refractivity contribution >= 4 is 12.0 Å². The summed E-state index contributed by atoms with van der Waals surface area (Å²) in [7, 11) is 1.93. The summed E-state index contributed by atoms with van der Waals surface area (Å²) in [5.74, 6) is 1.05. The quantitative estimate of drug-likeness (QED) is 0.630. The van der Waals surface area contributed by atoms with Crippen LogP contribution in [-0.4, -0.2) is 41.0 Å². The molecule has 7 nitrogen and oxygen atoms in total. The van der Waals surface area contributed by atoms with E-state index >= 15 is 0 Å². The standard InChI is InChI=1S/C24H26FN5O2/c1-3-26-24(31)30-14-13-21-20(16-30)22(32-19-11-9-18(25)10-12-19)28-23(27-21)29(2)15-17-7-5-4-6-8-17/h4-12H,3,13-16H2,1-2H3,(H,26,31). The lowest BCUT2D eigenvalue weighted by atomic mass is 10.1. The highest BCUT2D eigenvalue weighted by atomic mass is 19.1. The van der Waals surface area contributed by atoms with Crippen LogP contribution in [0.2, 0.25) is 0 Å². The van der Waals surface area contributed by atoms with E-state index < -0.39 is 0 Å². The molecule has 2 aromatic carbocycles. The molecule has 0 radical (unpaired) electrons. The number of carbonyl (C=O) groups is 1. The normalized spacial score (nSPS) is 12.8. The predicted molar refractivity (Wildman–Crippen MR) is 120 cm³/mol. The number of ether oxygens (including phenoxy) is 1. The van der Waals surface area contributed by atoms with Gasteiger partial charge in [0, 0.05) is 33.1 Å². The summed E-state index contributed by atoms with van der Waals surface area (Å²) in [5, 5.41) is 2.83. The molecule has 0 aliphatic carbocycles. The van der Waals surface area contributed by atoms with Gasteiger partial charge in [0.2, 0.25) is 11.8 Å². The van der Waals surface area contributed by atoms with Crippen LogP contribution in [0.25, 0.3) is 0 Å². The molecule has 0 fully saturated rings. The van der Waals surface area contributed by atoms with Crippen molar-refractivity contribution in [3.8, 4) is 11.6 Å². The third kappa shape index (κ3) is 4.96. The Balaban J connectivity index is 1.66. The van der Waals surface area contributed by atoms with Crippen LogP contribution < -0.4 is 15.0 Å². The Bertz CT molecular complexity index is 1080. The van der Waals surface area contributed by atoms with Gasteiger partial charge in [0.15, 0.2) is 0 Å². The number of benzene rings is 2. The molecule has 0 saturated heterocycles. The first-order chi connectivity index (χ1) is 15.5. The predicted octanol–water partition coefficient (Wildman–Crippen LogP) is 4.13. The Kier molecular flexibility index (Phi) is 6.49. The van der Waals surface area contributed by atoms with E-state index in [2.05, 4.69) is 22.4 Å². The van der Waals surface area contributed by atoms with Crippen molar-refractivity contribution in [3.05, 3.63) is 77.2 Å². The van der Waals surface area contributed by atoms with Crippen LogP contribution in [-0.2, 0) is 19.5 Å². The number of anilines is 1. The van der Waals surface area contributed by atoms with E-state index in [1.54, 1.807) is 17.0 Å². The van der Waals surface area contributed by atoms with E-state index in [1.807, 2.05) is 37.1 Å². The number of hydrogen-bond donors (Lipinski definition) is 1. The Morgan fingerprint density at radius 2 is 1.91 bits per heavy atom. The fraction of sp³-hybridized carbons (Fsp3) is 0.292. The second kappa shape index (κ2) is 9.64. The largest absolute Gasteiger partial charge is 0.438 e. The average molecular weight is 436 g/mol. The Labute approximate surface area is 186 Å². The van der Waals surface area contributed by atoms with Crippen molar-refractivity contribution in [1.29, 1.82) is 0 Å². The van der Waals surface area contributed by atoms with Crippen molar-refractivity contribution in [3.63, 3.8) is 0 Å². The number of aromatic nitrogens is 2. The highest BCUT2D eigenvalue weighted by Gasteiger charge is 2.27. The minimum atomic E-state index is -0.340. The van der Waals surface area contributed by atoms with Crippen LogP contribution in [0.5, 0.6) is 11.6 Å². The SMILES string of the molecule is CCNC(=O)N1CCc2nc(N(C)Cc3ccccc3)nc(Oc3ccc(F)cc3)c2C1. The van der Waals surface area contributed by atoms with E-state index in [9.17, 15) is 9.18 Å². The van der Waals surface area contributed by atoms with Crippen LogP contribution in [0.1, 0.15) is 23.7 Å². The number of nitrogens with one attached hydrogen (secondary N) is 1. The van der Waals surface area contributed by atoms with Crippen LogP contribution in [0.4, 0.5) is 15.1 Å². The van der Waals surface area contributed by atoms with Crippen molar-refractivity contribution in [2.75, 3.05) is 25.0 Å². The molecule has 166 valence electrons. The number of amides is 2. The van der Waals surface area contributed by atoms with Gasteiger partial charge in [0.1, 0.15) is 11.6 Å². The third-order valence-electron chi connectivity index (χ3n) is 5.26. The molecule has 8 heteroatoms. The molecule has 0 saturated carbocycles. The first-order valence-electron chi connectivity index (χ1n) is 10.6. The number of nitrogens with zero attached hydrogens (tertiary/aromatic N) is 4. The number of fused-ring (bicyclic) bond motifs is 1. The number of urea groups is 1. The summed E-state index contributed by atoms with van der Waals surface area (Å²) in [6.45, 7) is 3.99. The Morgan fingerprint density at radius 1 is 1.16 bits per heavy atom. The van der Waals surface area contributed by atoms with Crippen molar-refractivity contribution < 1.29 is 13.9 Å². The molecule has 0 atom stereocenters. The van der Waals surface area contributed by atoms with Gasteiger partial charge in [0.25, 0.3) is 0 Å². The number of carbonyl (C=O) groups excluding carboxylic acids is 1. The number of halogens is 1. The van der Waals surface area contributed by atoms with E-state index in [0.717, 1.165) is 16.8 Å². The van der Waals surface area contributed by atoms with Crippen LogP contribution in [0.15, 0.2) is 54.6 Å². The average Bonchev–Trinajstić information content (AvgIpc) is 2.81. The fourth-order valence-electron chi connectivity index (χ4n) is 3.61. The van der Waals surface area contributed by atoms with Gasteiger partial charge >= 0.3 is 6.03 Å². The van der Waals surface area contributed by atoms with Gasteiger partial charge in [-0.1, -0.05) is 30.3 Å². The van der Waals surface area contributed by atoms with E-state index in [4.69, 9.17) is 9.72 Å². The van der Waals surface area contributed by atoms with E-state index in [-0.39, 0.29) is 11.8 Å². The molecule has 0 unspecified atom stereocenters. The maximum Gasteiger partial charge on any atom is 0.317 e. The fourth-order valence-corrected chi connectivity index (χ4v) is 3.61. The van der Waals surface area contributed by atoms with Crippen molar-refractivity contribution in [1.82, 2.24) is 20.2 Å². The Hall–Kier alpha value is -3.68. The monoisotopic (exact) mass is 435 g/mol. The van der Waals surface area contributed by atoms with Gasteiger partial charge in [-0.15, -0.1) is 0 Å². The smallest absolute Gasteiger partial charge is 0.317 e. The zero-order chi connectivity index (χ0) is 22.5. The Morgan fingerprint density at radius 3 is 2.62 bits per heavy atom. The van der Waals surface area contributed by atoms with E-state index in [0.29, 0.717) is 50.2 Å². The molecule has 0 bridgehead atoms.